The first kappa shape index (κ1) is 17.2. The highest BCUT2D eigenvalue weighted by Crippen LogP contribution is 2.18. The molecular weight excluding hydrogens is 324 g/mol. The molecule has 0 saturated heterocycles. The predicted octanol–water partition coefficient (Wildman–Crippen LogP) is 5.08. The van der Waals surface area contributed by atoms with Crippen LogP contribution in [-0.2, 0) is 13.1 Å². The molecule has 0 unspecified atom stereocenters. The zero-order valence-corrected chi connectivity index (χ0v) is 15.2. The number of thiocarbonyl (C=S) groups is 1. The Balaban J connectivity index is 1.77. The zero-order valence-electron chi connectivity index (χ0n) is 14.4. The maximum Gasteiger partial charge on any atom is 0.174 e. The van der Waals surface area contributed by atoms with Crippen LogP contribution in [0.2, 0.25) is 0 Å². The van der Waals surface area contributed by atoms with Gasteiger partial charge in [0.1, 0.15) is 0 Å². The lowest BCUT2D eigenvalue weighted by Crippen LogP contribution is -2.39. The van der Waals surface area contributed by atoms with E-state index in [-0.39, 0.29) is 0 Å². The number of aryl methyl sites for hydroxylation is 1. The third kappa shape index (κ3) is 4.91. The van der Waals surface area contributed by atoms with Crippen molar-refractivity contribution in [1.29, 1.82) is 0 Å². The summed E-state index contributed by atoms with van der Waals surface area (Å²) in [5, 5.41) is 4.12. The molecule has 0 bridgehead atoms. The smallest absolute Gasteiger partial charge is 0.174 e. The van der Waals surface area contributed by atoms with Crippen molar-refractivity contribution < 1.29 is 0 Å². The quantitative estimate of drug-likeness (QED) is 0.649. The van der Waals surface area contributed by atoms with Crippen molar-refractivity contribution in [3.63, 3.8) is 0 Å². The largest absolute Gasteiger partial charge is 0.358 e. The van der Waals surface area contributed by atoms with Gasteiger partial charge in [-0.2, -0.15) is 0 Å². The maximum atomic E-state index is 5.70. The Morgan fingerprint density at radius 2 is 1.36 bits per heavy atom. The second-order valence-corrected chi connectivity index (χ2v) is 6.44. The van der Waals surface area contributed by atoms with E-state index in [9.17, 15) is 0 Å². The van der Waals surface area contributed by atoms with Crippen LogP contribution in [0.15, 0.2) is 84.9 Å². The molecule has 3 heteroatoms. The summed E-state index contributed by atoms with van der Waals surface area (Å²) in [6.45, 7) is 3.55. The van der Waals surface area contributed by atoms with E-state index in [0.717, 1.165) is 23.9 Å². The third-order valence-corrected chi connectivity index (χ3v) is 4.43. The van der Waals surface area contributed by atoms with Gasteiger partial charge < -0.3 is 10.2 Å². The lowest BCUT2D eigenvalue weighted by atomic mass is 10.2. The first-order valence-corrected chi connectivity index (χ1v) is 8.83. The number of nitrogens with zero attached hydrogens (tertiary/aromatic N) is 1. The van der Waals surface area contributed by atoms with Gasteiger partial charge in [0.05, 0.1) is 6.54 Å². The van der Waals surface area contributed by atoms with E-state index in [0.29, 0.717) is 0 Å². The van der Waals surface area contributed by atoms with Crippen LogP contribution < -0.4 is 10.2 Å². The maximum absolute atomic E-state index is 5.70. The van der Waals surface area contributed by atoms with Gasteiger partial charge in [0.25, 0.3) is 0 Å². The number of rotatable bonds is 5. The molecule has 0 atom stereocenters. The van der Waals surface area contributed by atoms with E-state index in [2.05, 4.69) is 77.8 Å². The monoisotopic (exact) mass is 346 g/mol. The average molecular weight is 346 g/mol. The summed E-state index contributed by atoms with van der Waals surface area (Å²) >= 11 is 5.70. The van der Waals surface area contributed by atoms with E-state index in [1.54, 1.807) is 0 Å². The topological polar surface area (TPSA) is 15.3 Å². The van der Waals surface area contributed by atoms with Gasteiger partial charge in [-0.25, -0.2) is 0 Å². The van der Waals surface area contributed by atoms with Crippen LogP contribution >= 0.6 is 12.2 Å². The van der Waals surface area contributed by atoms with E-state index >= 15 is 0 Å². The average Bonchev–Trinajstić information content (AvgIpc) is 2.67. The summed E-state index contributed by atoms with van der Waals surface area (Å²) in [7, 11) is 0. The van der Waals surface area contributed by atoms with Gasteiger partial charge in [0, 0.05) is 12.2 Å². The van der Waals surface area contributed by atoms with Crippen molar-refractivity contribution in [3.05, 3.63) is 102 Å². The molecule has 25 heavy (non-hydrogen) atoms. The molecule has 3 rings (SSSR count). The highest BCUT2D eigenvalue weighted by molar-refractivity contribution is 7.80. The van der Waals surface area contributed by atoms with E-state index < -0.39 is 0 Å². The van der Waals surface area contributed by atoms with E-state index in [4.69, 9.17) is 12.2 Å². The van der Waals surface area contributed by atoms with Crippen molar-refractivity contribution in [3.8, 4) is 0 Å². The van der Waals surface area contributed by atoms with Crippen LogP contribution in [0.1, 0.15) is 16.7 Å². The Morgan fingerprint density at radius 1 is 0.800 bits per heavy atom. The molecule has 0 fully saturated rings. The Bertz CT molecular complexity index is 798. The minimum Gasteiger partial charge on any atom is -0.358 e. The van der Waals surface area contributed by atoms with Crippen LogP contribution in [0.5, 0.6) is 0 Å². The van der Waals surface area contributed by atoms with Crippen LogP contribution in [0.25, 0.3) is 0 Å². The molecule has 0 spiro atoms. The number of nitrogens with one attached hydrogen (secondary N) is 1. The van der Waals surface area contributed by atoms with E-state index in [1.165, 1.54) is 16.7 Å². The van der Waals surface area contributed by atoms with Crippen LogP contribution in [0, 0.1) is 6.92 Å². The fourth-order valence-electron chi connectivity index (χ4n) is 2.64. The van der Waals surface area contributed by atoms with Crippen molar-refractivity contribution in [2.75, 3.05) is 4.90 Å². The van der Waals surface area contributed by atoms with Crippen LogP contribution in [0.3, 0.4) is 0 Å². The third-order valence-electron chi connectivity index (χ3n) is 4.06. The minimum absolute atomic E-state index is 0.719. The molecule has 3 aromatic carbocycles. The lowest BCUT2D eigenvalue weighted by Gasteiger charge is -2.26. The Kier molecular flexibility index (Phi) is 5.81. The molecule has 0 aliphatic rings. The minimum atomic E-state index is 0.719. The second-order valence-electron chi connectivity index (χ2n) is 6.05. The molecule has 1 N–H and O–H groups in total. The molecule has 0 aliphatic heterocycles. The van der Waals surface area contributed by atoms with Crippen molar-refractivity contribution in [2.24, 2.45) is 0 Å². The van der Waals surface area contributed by atoms with Gasteiger partial charge in [-0.05, 0) is 42.4 Å². The summed E-state index contributed by atoms with van der Waals surface area (Å²) in [4.78, 5) is 2.15. The number of benzene rings is 3. The van der Waals surface area contributed by atoms with Gasteiger partial charge >= 0.3 is 0 Å². The van der Waals surface area contributed by atoms with E-state index in [1.807, 2.05) is 24.3 Å². The highest BCUT2D eigenvalue weighted by Gasteiger charge is 2.12. The Labute approximate surface area is 155 Å². The number of hydrogen-bond acceptors (Lipinski definition) is 1. The van der Waals surface area contributed by atoms with Crippen LogP contribution in [0.4, 0.5) is 5.69 Å². The molecule has 0 heterocycles. The Hall–Kier alpha value is -2.65. The lowest BCUT2D eigenvalue weighted by molar-refractivity contribution is 0.878. The highest BCUT2D eigenvalue weighted by atomic mass is 32.1. The second kappa shape index (κ2) is 8.45. The first-order valence-electron chi connectivity index (χ1n) is 8.42. The fourth-order valence-corrected chi connectivity index (χ4v) is 2.88. The standard InChI is InChI=1S/C22H22N2S/c1-18-12-14-21(15-13-18)24(17-20-10-6-3-7-11-20)22(25)23-16-19-8-4-2-5-9-19/h2-15H,16-17H2,1H3,(H,23,25). The molecule has 0 saturated carbocycles. The molecule has 0 aromatic heterocycles. The predicted molar refractivity (Wildman–Crippen MR) is 110 cm³/mol. The summed E-state index contributed by atoms with van der Waals surface area (Å²) < 4.78 is 0. The van der Waals surface area contributed by atoms with Gasteiger partial charge in [0.15, 0.2) is 5.11 Å². The van der Waals surface area contributed by atoms with Crippen molar-refractivity contribution in [2.45, 2.75) is 20.0 Å². The SMILES string of the molecule is Cc1ccc(N(Cc2ccccc2)C(=S)NCc2ccccc2)cc1. The van der Waals surface area contributed by atoms with Gasteiger partial charge in [-0.1, -0.05) is 78.4 Å². The van der Waals surface area contributed by atoms with Crippen molar-refractivity contribution >= 4 is 23.0 Å². The summed E-state index contributed by atoms with van der Waals surface area (Å²) in [5.74, 6) is 0. The molecule has 126 valence electrons. The molecule has 3 aromatic rings. The fraction of sp³-hybridized carbons (Fsp3) is 0.136. The molecular formula is C22H22N2S. The molecule has 0 radical (unpaired) electrons. The normalized spacial score (nSPS) is 10.3. The summed E-state index contributed by atoms with van der Waals surface area (Å²) in [6.07, 6.45) is 0. The van der Waals surface area contributed by atoms with Gasteiger partial charge in [-0.15, -0.1) is 0 Å². The molecule has 0 amide bonds. The number of anilines is 1. The van der Waals surface area contributed by atoms with Gasteiger partial charge in [-0.3, -0.25) is 0 Å². The molecule has 0 aliphatic carbocycles. The summed E-state index contributed by atoms with van der Waals surface area (Å²) in [6, 6.07) is 29.2. The van der Waals surface area contributed by atoms with Crippen LogP contribution in [-0.4, -0.2) is 5.11 Å². The summed E-state index contributed by atoms with van der Waals surface area (Å²) in [5.41, 5.74) is 4.78. The molecule has 2 nitrogen and oxygen atoms in total. The zero-order chi connectivity index (χ0) is 17.5. The van der Waals surface area contributed by atoms with Gasteiger partial charge in [0.2, 0.25) is 0 Å². The van der Waals surface area contributed by atoms with Crippen molar-refractivity contribution in [1.82, 2.24) is 5.32 Å². The first-order chi connectivity index (χ1) is 12.2. The Morgan fingerprint density at radius 3 is 1.96 bits per heavy atom. The number of hydrogen-bond donors (Lipinski definition) is 1.